The highest BCUT2D eigenvalue weighted by molar-refractivity contribution is 7.90. The summed E-state index contributed by atoms with van der Waals surface area (Å²) in [6.45, 7) is 1.72. The Hall–Kier alpha value is -3.00. The Kier molecular flexibility index (Phi) is 4.37. The number of hydrogen-bond acceptors (Lipinski definition) is 5. The van der Waals surface area contributed by atoms with E-state index in [1.165, 1.54) is 36.5 Å². The molecule has 6 nitrogen and oxygen atoms in total. The number of carbonyl (C=O) groups excluding carboxylic acids is 1. The highest BCUT2D eigenvalue weighted by Crippen LogP contribution is 2.32. The lowest BCUT2D eigenvalue weighted by Gasteiger charge is -2.15. The van der Waals surface area contributed by atoms with Gasteiger partial charge in [0.25, 0.3) is 5.91 Å². The Morgan fingerprint density at radius 1 is 1.23 bits per heavy atom. The normalized spacial score (nSPS) is 11.5. The molecule has 1 amide bonds. The quantitative estimate of drug-likeness (QED) is 0.732. The maximum atomic E-state index is 13.5. The fourth-order valence-corrected chi connectivity index (χ4v) is 3.42. The van der Waals surface area contributed by atoms with E-state index in [1.54, 1.807) is 13.0 Å². The summed E-state index contributed by atoms with van der Waals surface area (Å²) >= 11 is 0. The third-order valence-corrected chi connectivity index (χ3v) is 5.02. The van der Waals surface area contributed by atoms with Crippen LogP contribution in [0.1, 0.15) is 15.9 Å². The third kappa shape index (κ3) is 3.36. The first-order valence-corrected chi connectivity index (χ1v) is 9.52. The molecule has 3 N–H and O–H groups in total. The number of rotatable bonds is 4. The number of anilines is 2. The van der Waals surface area contributed by atoms with Crippen molar-refractivity contribution in [2.75, 3.05) is 11.6 Å². The maximum absolute atomic E-state index is 13.5. The van der Waals surface area contributed by atoms with Gasteiger partial charge in [-0.3, -0.25) is 9.78 Å². The molecule has 0 saturated carbocycles. The van der Waals surface area contributed by atoms with Crippen LogP contribution in [0.5, 0.6) is 0 Å². The van der Waals surface area contributed by atoms with Crippen molar-refractivity contribution in [1.82, 2.24) is 4.98 Å². The Balaban J connectivity index is 2.34. The number of fused-ring (bicyclic) bond motifs is 1. The van der Waals surface area contributed by atoms with Crippen LogP contribution in [0.25, 0.3) is 10.9 Å². The lowest BCUT2D eigenvalue weighted by Crippen LogP contribution is -2.14. The van der Waals surface area contributed by atoms with E-state index in [0.29, 0.717) is 22.2 Å². The van der Waals surface area contributed by atoms with Gasteiger partial charge in [0, 0.05) is 23.5 Å². The predicted octanol–water partition coefficient (Wildman–Crippen LogP) is 2.93. The van der Waals surface area contributed by atoms with Gasteiger partial charge in [0.05, 0.1) is 21.7 Å². The van der Waals surface area contributed by atoms with E-state index in [4.69, 9.17) is 5.73 Å². The minimum Gasteiger partial charge on any atom is -0.365 e. The van der Waals surface area contributed by atoms with E-state index in [9.17, 15) is 17.6 Å². The van der Waals surface area contributed by atoms with Gasteiger partial charge in [-0.15, -0.1) is 0 Å². The number of nitrogens with zero attached hydrogens (tertiary/aromatic N) is 1. The van der Waals surface area contributed by atoms with Crippen LogP contribution < -0.4 is 11.1 Å². The van der Waals surface area contributed by atoms with Gasteiger partial charge in [-0.05, 0) is 42.8 Å². The van der Waals surface area contributed by atoms with Crippen LogP contribution in [0.4, 0.5) is 15.8 Å². The van der Waals surface area contributed by atoms with Crippen molar-refractivity contribution in [3.8, 4) is 0 Å². The molecule has 0 aliphatic heterocycles. The summed E-state index contributed by atoms with van der Waals surface area (Å²) in [5, 5.41) is 3.38. The van der Waals surface area contributed by atoms with Crippen molar-refractivity contribution in [2.24, 2.45) is 5.73 Å². The van der Waals surface area contributed by atoms with Crippen LogP contribution >= 0.6 is 0 Å². The zero-order chi connectivity index (χ0) is 19.1. The minimum absolute atomic E-state index is 0.0758. The SMILES string of the molecule is Cc1cc(S(C)(=O)=O)cc2c(Nc3cccc(F)c3)c(C(N)=O)cnc12. The van der Waals surface area contributed by atoms with Gasteiger partial charge in [0.1, 0.15) is 5.82 Å². The summed E-state index contributed by atoms with van der Waals surface area (Å²) in [6, 6.07) is 8.62. The molecule has 8 heteroatoms. The summed E-state index contributed by atoms with van der Waals surface area (Å²) in [5.74, 6) is -1.19. The number of nitrogens with one attached hydrogen (secondary N) is 1. The average molecular weight is 373 g/mol. The molecule has 3 rings (SSSR count). The van der Waals surface area contributed by atoms with E-state index in [0.717, 1.165) is 6.26 Å². The van der Waals surface area contributed by atoms with Crippen LogP contribution in [0.2, 0.25) is 0 Å². The molecule has 1 aromatic heterocycles. The average Bonchev–Trinajstić information content (AvgIpc) is 2.54. The second kappa shape index (κ2) is 6.38. The molecular formula is C18H16FN3O3S. The minimum atomic E-state index is -3.48. The number of sulfone groups is 1. The highest BCUT2D eigenvalue weighted by atomic mass is 32.2. The smallest absolute Gasteiger partial charge is 0.252 e. The summed E-state index contributed by atoms with van der Waals surface area (Å²) in [5.41, 5.74) is 7.33. The lowest BCUT2D eigenvalue weighted by molar-refractivity contribution is 0.100. The Morgan fingerprint density at radius 3 is 2.58 bits per heavy atom. The molecule has 3 aromatic rings. The maximum Gasteiger partial charge on any atom is 0.252 e. The second-order valence-electron chi connectivity index (χ2n) is 5.95. The number of amides is 1. The molecule has 0 saturated heterocycles. The molecule has 0 spiro atoms. The highest BCUT2D eigenvalue weighted by Gasteiger charge is 2.18. The molecular weight excluding hydrogens is 357 g/mol. The van der Waals surface area contributed by atoms with E-state index in [1.807, 2.05) is 0 Å². The topological polar surface area (TPSA) is 102 Å². The molecule has 0 fully saturated rings. The second-order valence-corrected chi connectivity index (χ2v) is 7.97. The van der Waals surface area contributed by atoms with Gasteiger partial charge >= 0.3 is 0 Å². The molecule has 0 unspecified atom stereocenters. The molecule has 0 radical (unpaired) electrons. The van der Waals surface area contributed by atoms with Gasteiger partial charge < -0.3 is 11.1 Å². The summed E-state index contributed by atoms with van der Waals surface area (Å²) in [7, 11) is -3.48. The zero-order valence-electron chi connectivity index (χ0n) is 14.1. The van der Waals surface area contributed by atoms with Crippen LogP contribution in [-0.2, 0) is 9.84 Å². The van der Waals surface area contributed by atoms with Gasteiger partial charge in [-0.2, -0.15) is 0 Å². The van der Waals surface area contributed by atoms with E-state index in [-0.39, 0.29) is 16.1 Å². The zero-order valence-corrected chi connectivity index (χ0v) is 14.9. The fraction of sp³-hybridized carbons (Fsp3) is 0.111. The molecule has 26 heavy (non-hydrogen) atoms. The molecule has 0 atom stereocenters. The number of primary amides is 1. The number of hydrogen-bond donors (Lipinski definition) is 2. The monoisotopic (exact) mass is 373 g/mol. The standard InChI is InChI=1S/C18H16FN3O3S/c1-10-6-13(26(2,24)25)8-14-16(10)21-9-15(18(20)23)17(14)22-12-5-3-4-11(19)7-12/h3-9H,1-2H3,(H2,20,23)(H,21,22). The number of benzene rings is 2. The number of halogens is 1. The van der Waals surface area contributed by atoms with E-state index < -0.39 is 21.6 Å². The molecule has 134 valence electrons. The molecule has 0 bridgehead atoms. The van der Waals surface area contributed by atoms with Crippen molar-refractivity contribution in [2.45, 2.75) is 11.8 Å². The fourth-order valence-electron chi connectivity index (χ4n) is 2.69. The third-order valence-electron chi connectivity index (χ3n) is 3.92. The Bertz CT molecular complexity index is 1140. The largest absolute Gasteiger partial charge is 0.365 e. The summed E-state index contributed by atoms with van der Waals surface area (Å²) < 4.78 is 37.5. The Labute approximate surface area is 149 Å². The number of pyridine rings is 1. The van der Waals surface area contributed by atoms with E-state index >= 15 is 0 Å². The van der Waals surface area contributed by atoms with Crippen LogP contribution in [0, 0.1) is 12.7 Å². The first-order chi connectivity index (χ1) is 12.2. The first kappa shape index (κ1) is 17.8. The van der Waals surface area contributed by atoms with Crippen LogP contribution in [0.3, 0.4) is 0 Å². The number of carbonyl (C=O) groups is 1. The lowest BCUT2D eigenvalue weighted by atomic mass is 10.1. The number of nitrogens with two attached hydrogens (primary N) is 1. The first-order valence-electron chi connectivity index (χ1n) is 7.62. The summed E-state index contributed by atoms with van der Waals surface area (Å²) in [6.07, 6.45) is 2.41. The Morgan fingerprint density at radius 2 is 1.96 bits per heavy atom. The van der Waals surface area contributed by atoms with Gasteiger partial charge in [0.15, 0.2) is 9.84 Å². The van der Waals surface area contributed by atoms with Crippen LogP contribution in [-0.4, -0.2) is 25.6 Å². The molecule has 0 aliphatic rings. The van der Waals surface area contributed by atoms with Crippen molar-refractivity contribution < 1.29 is 17.6 Å². The number of aryl methyl sites for hydroxylation is 1. The number of aromatic nitrogens is 1. The summed E-state index contributed by atoms with van der Waals surface area (Å²) in [4.78, 5) is 16.2. The van der Waals surface area contributed by atoms with E-state index in [2.05, 4.69) is 10.3 Å². The van der Waals surface area contributed by atoms with Crippen molar-refractivity contribution in [3.05, 3.63) is 59.5 Å². The van der Waals surface area contributed by atoms with Crippen molar-refractivity contribution >= 4 is 38.0 Å². The van der Waals surface area contributed by atoms with Crippen LogP contribution in [0.15, 0.2) is 47.5 Å². The van der Waals surface area contributed by atoms with Gasteiger partial charge in [0.2, 0.25) is 0 Å². The van der Waals surface area contributed by atoms with Crippen molar-refractivity contribution in [1.29, 1.82) is 0 Å². The molecule has 0 aliphatic carbocycles. The predicted molar refractivity (Wildman–Crippen MR) is 97.8 cm³/mol. The van der Waals surface area contributed by atoms with Crippen molar-refractivity contribution in [3.63, 3.8) is 0 Å². The molecule has 2 aromatic carbocycles. The van der Waals surface area contributed by atoms with Gasteiger partial charge in [-0.1, -0.05) is 6.07 Å². The molecule has 1 heterocycles. The van der Waals surface area contributed by atoms with Gasteiger partial charge in [-0.25, -0.2) is 12.8 Å².